The molecule has 6 heteroatoms. The van der Waals surface area contributed by atoms with Crippen molar-refractivity contribution in [2.45, 2.75) is 0 Å². The zero-order chi connectivity index (χ0) is 29.3. The van der Waals surface area contributed by atoms with Crippen molar-refractivity contribution in [2.24, 2.45) is 0 Å². The Morgan fingerprint density at radius 1 is 0.364 bits per heavy atom. The van der Waals surface area contributed by atoms with Gasteiger partial charge in [0.2, 0.25) is 11.8 Å². The van der Waals surface area contributed by atoms with E-state index in [0.29, 0.717) is 23.2 Å². The van der Waals surface area contributed by atoms with Gasteiger partial charge in [-0.3, -0.25) is 0 Å². The highest BCUT2D eigenvalue weighted by Crippen LogP contribution is 2.50. The largest absolute Gasteiger partial charge is 0.443 e. The Hall–Kier alpha value is -6.14. The molecular formula is C38H24N4O2. The Morgan fingerprint density at radius 2 is 0.773 bits per heavy atom. The van der Waals surface area contributed by atoms with E-state index >= 15 is 0 Å². The fourth-order valence-electron chi connectivity index (χ4n) is 5.84. The molecule has 44 heavy (non-hydrogen) atoms. The van der Waals surface area contributed by atoms with Crippen LogP contribution in [0.1, 0.15) is 0 Å². The second-order valence-corrected chi connectivity index (χ2v) is 10.3. The van der Waals surface area contributed by atoms with Gasteiger partial charge >= 0.3 is 0 Å². The van der Waals surface area contributed by atoms with Crippen LogP contribution in [0, 0.1) is 0 Å². The molecule has 0 fully saturated rings. The lowest BCUT2D eigenvalue weighted by molar-refractivity contribution is 0.572. The Bertz CT molecular complexity index is 2050. The predicted molar refractivity (Wildman–Crippen MR) is 172 cm³/mol. The smallest absolute Gasteiger partial charge is 0.245 e. The van der Waals surface area contributed by atoms with E-state index in [1.807, 2.05) is 36.4 Å². The highest BCUT2D eigenvalue weighted by molar-refractivity contribution is 6.17. The molecule has 8 rings (SSSR count). The Kier molecular flexibility index (Phi) is 6.35. The summed E-state index contributed by atoms with van der Waals surface area (Å²) in [6, 6.07) is 41.4. The van der Waals surface area contributed by atoms with Crippen LogP contribution in [0.5, 0.6) is 0 Å². The average Bonchev–Trinajstić information content (AvgIpc) is 3.84. The lowest BCUT2D eigenvalue weighted by atomic mass is 9.80. The third-order valence-electron chi connectivity index (χ3n) is 7.65. The monoisotopic (exact) mass is 568 g/mol. The first kappa shape index (κ1) is 25.6. The first-order chi connectivity index (χ1) is 21.8. The van der Waals surface area contributed by atoms with Gasteiger partial charge in [-0.15, -0.1) is 0 Å². The van der Waals surface area contributed by atoms with E-state index in [4.69, 9.17) is 18.8 Å². The second kappa shape index (κ2) is 10.9. The summed E-state index contributed by atoms with van der Waals surface area (Å²) >= 11 is 0. The lowest BCUT2D eigenvalue weighted by Gasteiger charge is -2.23. The topological polar surface area (TPSA) is 77.8 Å². The number of fused-ring (bicyclic) bond motifs is 1. The summed E-state index contributed by atoms with van der Waals surface area (Å²) in [5.41, 5.74) is 9.28. The fraction of sp³-hybridized carbons (Fsp3) is 0. The van der Waals surface area contributed by atoms with Crippen LogP contribution in [0.15, 0.2) is 155 Å². The second-order valence-electron chi connectivity index (χ2n) is 10.3. The number of rotatable bonds is 6. The van der Waals surface area contributed by atoms with Crippen molar-refractivity contribution in [3.8, 4) is 67.9 Å². The summed E-state index contributed by atoms with van der Waals surface area (Å²) in [5, 5.41) is 2.11. The standard InChI is InChI=1S/C38H24N4O2/c1-3-11-25(12-4-1)33-34(26-13-5-2-6-14-26)36(30-18-10-20-32(42-30)38-40-22-24-44-38)28-16-8-7-15-27(28)35(33)29-17-9-19-31(41-29)37-39-21-23-43-37/h1-24H. The van der Waals surface area contributed by atoms with E-state index in [1.165, 1.54) is 0 Å². The van der Waals surface area contributed by atoms with Gasteiger partial charge in [0.15, 0.2) is 0 Å². The van der Waals surface area contributed by atoms with Crippen LogP contribution in [0.3, 0.4) is 0 Å². The number of hydrogen-bond acceptors (Lipinski definition) is 6. The SMILES string of the molecule is c1ccc(-c2c(-c3ccccc3)c(-c3cccc(-c4ncco4)n3)c3ccccc3c2-c2cccc(-c3ncco3)n2)cc1. The van der Waals surface area contributed by atoms with Crippen LogP contribution in [0.2, 0.25) is 0 Å². The van der Waals surface area contributed by atoms with Crippen LogP contribution < -0.4 is 0 Å². The maximum Gasteiger partial charge on any atom is 0.245 e. The molecule has 0 aliphatic heterocycles. The molecule has 0 amide bonds. The van der Waals surface area contributed by atoms with Gasteiger partial charge in [-0.2, -0.15) is 0 Å². The molecule has 0 radical (unpaired) electrons. The van der Waals surface area contributed by atoms with E-state index in [1.54, 1.807) is 24.9 Å². The molecule has 0 aliphatic rings. The van der Waals surface area contributed by atoms with E-state index in [0.717, 1.165) is 55.5 Å². The van der Waals surface area contributed by atoms with Crippen LogP contribution in [-0.2, 0) is 0 Å². The zero-order valence-electron chi connectivity index (χ0n) is 23.5. The predicted octanol–water partition coefficient (Wildman–Crippen LogP) is 9.61. The quantitative estimate of drug-likeness (QED) is 0.199. The van der Waals surface area contributed by atoms with Crippen LogP contribution in [0.4, 0.5) is 0 Å². The number of pyridine rings is 2. The molecule has 208 valence electrons. The molecule has 0 atom stereocenters. The summed E-state index contributed by atoms with van der Waals surface area (Å²) in [6.07, 6.45) is 6.40. The third-order valence-corrected chi connectivity index (χ3v) is 7.65. The van der Waals surface area contributed by atoms with Gasteiger partial charge in [0.25, 0.3) is 0 Å². The van der Waals surface area contributed by atoms with Crippen molar-refractivity contribution in [1.82, 2.24) is 19.9 Å². The van der Waals surface area contributed by atoms with Gasteiger partial charge < -0.3 is 8.83 Å². The molecule has 0 bridgehead atoms. The minimum absolute atomic E-state index is 0.477. The highest BCUT2D eigenvalue weighted by Gasteiger charge is 2.25. The summed E-state index contributed by atoms with van der Waals surface area (Å²) in [5.74, 6) is 0.953. The first-order valence-corrected chi connectivity index (χ1v) is 14.3. The number of nitrogens with zero attached hydrogens (tertiary/aromatic N) is 4. The van der Waals surface area contributed by atoms with Crippen molar-refractivity contribution < 1.29 is 8.83 Å². The fourth-order valence-corrected chi connectivity index (χ4v) is 5.84. The zero-order valence-corrected chi connectivity index (χ0v) is 23.5. The van der Waals surface area contributed by atoms with Crippen molar-refractivity contribution in [2.75, 3.05) is 0 Å². The minimum Gasteiger partial charge on any atom is -0.443 e. The molecule has 0 saturated carbocycles. The molecule has 0 aliphatic carbocycles. The summed E-state index contributed by atoms with van der Waals surface area (Å²) in [4.78, 5) is 19.0. The molecule has 4 aromatic heterocycles. The molecule has 6 nitrogen and oxygen atoms in total. The van der Waals surface area contributed by atoms with Crippen LogP contribution in [-0.4, -0.2) is 19.9 Å². The van der Waals surface area contributed by atoms with Gasteiger partial charge in [-0.25, -0.2) is 19.9 Å². The van der Waals surface area contributed by atoms with Crippen molar-refractivity contribution >= 4 is 10.8 Å². The molecule has 0 unspecified atom stereocenters. The molecule has 0 spiro atoms. The molecular weight excluding hydrogens is 544 g/mol. The van der Waals surface area contributed by atoms with E-state index in [2.05, 4.69) is 94.9 Å². The van der Waals surface area contributed by atoms with Gasteiger partial charge in [-0.05, 0) is 46.2 Å². The lowest BCUT2D eigenvalue weighted by Crippen LogP contribution is -2.00. The number of aromatic nitrogens is 4. The Labute approximate surface area is 253 Å². The Balaban J connectivity index is 1.54. The number of benzene rings is 4. The van der Waals surface area contributed by atoms with E-state index in [9.17, 15) is 0 Å². The van der Waals surface area contributed by atoms with Crippen molar-refractivity contribution in [3.05, 3.63) is 146 Å². The minimum atomic E-state index is 0.477. The van der Waals surface area contributed by atoms with Gasteiger partial charge in [0.05, 0.1) is 23.8 Å². The molecule has 4 aromatic carbocycles. The molecule has 0 N–H and O–H groups in total. The van der Waals surface area contributed by atoms with Gasteiger partial charge in [0, 0.05) is 22.3 Å². The maximum atomic E-state index is 5.63. The molecule has 8 aromatic rings. The van der Waals surface area contributed by atoms with Gasteiger partial charge in [0.1, 0.15) is 23.9 Å². The third kappa shape index (κ3) is 4.46. The number of hydrogen-bond donors (Lipinski definition) is 0. The van der Waals surface area contributed by atoms with Gasteiger partial charge in [-0.1, -0.05) is 97.1 Å². The summed E-state index contributed by atoms with van der Waals surface area (Å²) in [7, 11) is 0. The van der Waals surface area contributed by atoms with Crippen LogP contribution >= 0.6 is 0 Å². The molecule has 0 saturated heterocycles. The summed E-state index contributed by atoms with van der Waals surface area (Å²) in [6.45, 7) is 0. The van der Waals surface area contributed by atoms with E-state index < -0.39 is 0 Å². The molecule has 4 heterocycles. The maximum absolute atomic E-state index is 5.63. The normalized spacial score (nSPS) is 11.2. The first-order valence-electron chi connectivity index (χ1n) is 14.3. The number of oxazole rings is 2. The van der Waals surface area contributed by atoms with Crippen LogP contribution in [0.25, 0.3) is 78.7 Å². The van der Waals surface area contributed by atoms with E-state index in [-0.39, 0.29) is 0 Å². The van der Waals surface area contributed by atoms with Crippen molar-refractivity contribution in [1.29, 1.82) is 0 Å². The Morgan fingerprint density at radius 3 is 1.18 bits per heavy atom. The highest BCUT2D eigenvalue weighted by atomic mass is 16.3. The summed E-state index contributed by atoms with van der Waals surface area (Å²) < 4.78 is 11.3. The average molecular weight is 569 g/mol. The van der Waals surface area contributed by atoms with Crippen molar-refractivity contribution in [3.63, 3.8) is 0 Å².